The molecule has 0 aliphatic rings. The summed E-state index contributed by atoms with van der Waals surface area (Å²) in [6.45, 7) is 3.93. The van der Waals surface area contributed by atoms with E-state index in [1.807, 2.05) is 13.0 Å². The number of carbonyl (C=O) groups excluding carboxylic acids is 1. The Labute approximate surface area is 120 Å². The van der Waals surface area contributed by atoms with E-state index in [1.54, 1.807) is 26.3 Å². The van der Waals surface area contributed by atoms with Gasteiger partial charge in [-0.2, -0.15) is 0 Å². The van der Waals surface area contributed by atoms with E-state index < -0.39 is 5.97 Å². The highest BCUT2D eigenvalue weighted by atomic mass is 32.1. The van der Waals surface area contributed by atoms with Crippen LogP contribution in [0.2, 0.25) is 0 Å². The van der Waals surface area contributed by atoms with Crippen molar-refractivity contribution in [2.24, 2.45) is 0 Å². The molecule has 6 nitrogen and oxygen atoms in total. The molecule has 0 atom stereocenters. The maximum absolute atomic E-state index is 11.7. The maximum Gasteiger partial charge on any atom is 0.358 e. The Morgan fingerprint density at radius 2 is 2.25 bits per heavy atom. The molecule has 20 heavy (non-hydrogen) atoms. The van der Waals surface area contributed by atoms with Crippen molar-refractivity contribution < 1.29 is 14.3 Å². The Hall–Kier alpha value is -2.15. The summed E-state index contributed by atoms with van der Waals surface area (Å²) < 4.78 is 9.94. The van der Waals surface area contributed by atoms with Gasteiger partial charge in [0.2, 0.25) is 5.88 Å². The predicted octanol–water partition coefficient (Wildman–Crippen LogP) is 2.78. The zero-order valence-corrected chi connectivity index (χ0v) is 12.3. The van der Waals surface area contributed by atoms with Crippen LogP contribution in [0.1, 0.15) is 22.3 Å². The lowest BCUT2D eigenvalue weighted by atomic mass is 10.4. The summed E-state index contributed by atoms with van der Waals surface area (Å²) in [6, 6.07) is 3.57. The number of methoxy groups -OCH3 is 1. The Morgan fingerprint density at radius 1 is 1.45 bits per heavy atom. The third kappa shape index (κ3) is 3.24. The summed E-state index contributed by atoms with van der Waals surface area (Å²) in [4.78, 5) is 20.8. The van der Waals surface area contributed by atoms with Crippen molar-refractivity contribution in [3.63, 3.8) is 0 Å². The second-order valence-corrected chi connectivity index (χ2v) is 5.06. The highest BCUT2D eigenvalue weighted by Gasteiger charge is 2.16. The SMILES string of the molecule is CCOC(=O)c1nc(Nc2ccc(OC)nc2)sc1C. The number of carbonyl (C=O) groups is 1. The van der Waals surface area contributed by atoms with Gasteiger partial charge in [-0.15, -0.1) is 11.3 Å². The monoisotopic (exact) mass is 293 g/mol. The molecule has 0 saturated heterocycles. The van der Waals surface area contributed by atoms with Crippen LogP contribution in [-0.4, -0.2) is 29.7 Å². The molecule has 0 spiro atoms. The fourth-order valence-corrected chi connectivity index (χ4v) is 2.36. The molecule has 2 heterocycles. The fourth-order valence-electron chi connectivity index (χ4n) is 1.54. The van der Waals surface area contributed by atoms with Gasteiger partial charge in [0.15, 0.2) is 10.8 Å². The number of rotatable bonds is 5. The molecule has 7 heteroatoms. The number of nitrogens with one attached hydrogen (secondary N) is 1. The molecule has 0 aliphatic heterocycles. The molecule has 106 valence electrons. The molecular formula is C13H15N3O3S. The smallest absolute Gasteiger partial charge is 0.358 e. The van der Waals surface area contributed by atoms with Gasteiger partial charge in [-0.05, 0) is 19.9 Å². The Kier molecular flexibility index (Phi) is 4.52. The van der Waals surface area contributed by atoms with Gasteiger partial charge in [-0.3, -0.25) is 0 Å². The molecule has 0 aromatic carbocycles. The van der Waals surface area contributed by atoms with Crippen LogP contribution in [-0.2, 0) is 4.74 Å². The third-order valence-electron chi connectivity index (χ3n) is 2.46. The van der Waals surface area contributed by atoms with Gasteiger partial charge < -0.3 is 14.8 Å². The number of aromatic nitrogens is 2. The minimum atomic E-state index is -0.401. The zero-order valence-electron chi connectivity index (χ0n) is 11.5. The first kappa shape index (κ1) is 14.3. The Morgan fingerprint density at radius 3 is 2.85 bits per heavy atom. The molecule has 0 radical (unpaired) electrons. The molecular weight excluding hydrogens is 278 g/mol. The first-order valence-corrected chi connectivity index (χ1v) is 6.87. The minimum Gasteiger partial charge on any atom is -0.481 e. The quantitative estimate of drug-likeness (QED) is 0.855. The van der Waals surface area contributed by atoms with Crippen molar-refractivity contribution >= 4 is 28.1 Å². The molecule has 0 saturated carbocycles. The third-order valence-corrected chi connectivity index (χ3v) is 3.35. The van der Waals surface area contributed by atoms with Gasteiger partial charge in [0.05, 0.1) is 25.6 Å². The van der Waals surface area contributed by atoms with Gasteiger partial charge in [-0.1, -0.05) is 0 Å². The highest BCUT2D eigenvalue weighted by molar-refractivity contribution is 7.15. The number of hydrogen-bond acceptors (Lipinski definition) is 7. The second-order valence-electron chi connectivity index (χ2n) is 3.86. The summed E-state index contributed by atoms with van der Waals surface area (Å²) >= 11 is 1.39. The molecule has 0 bridgehead atoms. The number of ether oxygens (including phenoxy) is 2. The molecule has 2 aromatic rings. The Balaban J connectivity index is 2.13. The van der Waals surface area contributed by atoms with Crippen molar-refractivity contribution in [1.82, 2.24) is 9.97 Å². The molecule has 0 fully saturated rings. The summed E-state index contributed by atoms with van der Waals surface area (Å²) in [5.41, 5.74) is 1.12. The average Bonchev–Trinajstić information content (AvgIpc) is 2.81. The summed E-state index contributed by atoms with van der Waals surface area (Å²) in [7, 11) is 1.56. The summed E-state index contributed by atoms with van der Waals surface area (Å²) in [5, 5.41) is 3.72. The van der Waals surface area contributed by atoms with Crippen molar-refractivity contribution in [3.8, 4) is 5.88 Å². The number of thiazole rings is 1. The molecule has 1 N–H and O–H groups in total. The first-order valence-electron chi connectivity index (χ1n) is 6.05. The van der Waals surface area contributed by atoms with Crippen LogP contribution in [0.3, 0.4) is 0 Å². The maximum atomic E-state index is 11.7. The van der Waals surface area contributed by atoms with E-state index in [9.17, 15) is 4.79 Å². The van der Waals surface area contributed by atoms with Gasteiger partial charge in [-0.25, -0.2) is 14.8 Å². The van der Waals surface area contributed by atoms with E-state index in [2.05, 4.69) is 15.3 Å². The number of hydrogen-bond donors (Lipinski definition) is 1. The second kappa shape index (κ2) is 6.33. The number of anilines is 2. The molecule has 0 amide bonds. The molecule has 2 aromatic heterocycles. The van der Waals surface area contributed by atoms with E-state index in [4.69, 9.17) is 9.47 Å². The van der Waals surface area contributed by atoms with Crippen molar-refractivity contribution in [2.45, 2.75) is 13.8 Å². The van der Waals surface area contributed by atoms with Crippen LogP contribution >= 0.6 is 11.3 Å². The predicted molar refractivity (Wildman–Crippen MR) is 76.9 cm³/mol. The van der Waals surface area contributed by atoms with Crippen molar-refractivity contribution in [1.29, 1.82) is 0 Å². The van der Waals surface area contributed by atoms with Gasteiger partial charge >= 0.3 is 5.97 Å². The van der Waals surface area contributed by atoms with Crippen LogP contribution in [0.4, 0.5) is 10.8 Å². The van der Waals surface area contributed by atoms with Crippen LogP contribution < -0.4 is 10.1 Å². The normalized spacial score (nSPS) is 10.2. The van der Waals surface area contributed by atoms with Crippen molar-refractivity contribution in [2.75, 3.05) is 19.0 Å². The lowest BCUT2D eigenvalue weighted by molar-refractivity contribution is 0.0519. The zero-order chi connectivity index (χ0) is 14.5. The number of aryl methyl sites for hydroxylation is 1. The Bertz CT molecular complexity index is 595. The molecule has 0 aliphatic carbocycles. The first-order chi connectivity index (χ1) is 9.63. The number of esters is 1. The lowest BCUT2D eigenvalue weighted by Crippen LogP contribution is -2.06. The van der Waals surface area contributed by atoms with Gasteiger partial charge in [0, 0.05) is 10.9 Å². The minimum absolute atomic E-state index is 0.334. The van der Waals surface area contributed by atoms with E-state index in [1.165, 1.54) is 11.3 Å². The van der Waals surface area contributed by atoms with Crippen LogP contribution in [0.15, 0.2) is 18.3 Å². The standard InChI is InChI=1S/C13H15N3O3S/c1-4-19-12(17)11-8(2)20-13(16-11)15-9-5-6-10(18-3)14-7-9/h5-7H,4H2,1-3H3,(H,15,16). The van der Waals surface area contributed by atoms with E-state index in [-0.39, 0.29) is 0 Å². The van der Waals surface area contributed by atoms with Crippen LogP contribution in [0.5, 0.6) is 5.88 Å². The van der Waals surface area contributed by atoms with Gasteiger partial charge in [0.25, 0.3) is 0 Å². The van der Waals surface area contributed by atoms with Crippen LogP contribution in [0, 0.1) is 6.92 Å². The fraction of sp³-hybridized carbons (Fsp3) is 0.308. The van der Waals surface area contributed by atoms with E-state index >= 15 is 0 Å². The summed E-state index contributed by atoms with van der Waals surface area (Å²) in [6.07, 6.45) is 1.64. The highest BCUT2D eigenvalue weighted by Crippen LogP contribution is 2.26. The van der Waals surface area contributed by atoms with Crippen LogP contribution in [0.25, 0.3) is 0 Å². The van der Waals surface area contributed by atoms with E-state index in [0.717, 1.165) is 10.6 Å². The topological polar surface area (TPSA) is 73.3 Å². The molecule has 0 unspecified atom stereocenters. The largest absolute Gasteiger partial charge is 0.481 e. The van der Waals surface area contributed by atoms with Gasteiger partial charge in [0.1, 0.15) is 0 Å². The summed E-state index contributed by atoms with van der Waals surface area (Å²) in [5.74, 6) is 0.139. The number of pyridine rings is 1. The molecule has 2 rings (SSSR count). The lowest BCUT2D eigenvalue weighted by Gasteiger charge is -2.03. The van der Waals surface area contributed by atoms with E-state index in [0.29, 0.717) is 23.3 Å². The number of nitrogens with zero attached hydrogens (tertiary/aromatic N) is 2. The van der Waals surface area contributed by atoms with Crippen molar-refractivity contribution in [3.05, 3.63) is 28.9 Å². The average molecular weight is 293 g/mol.